The van der Waals surface area contributed by atoms with Crippen LogP contribution in [0.5, 0.6) is 0 Å². The molecule has 0 radical (unpaired) electrons. The molecule has 1 heterocycles. The number of carbonyl (C=O) groups excluding carboxylic acids is 2. The van der Waals surface area contributed by atoms with Crippen molar-refractivity contribution in [1.82, 2.24) is 20.2 Å². The predicted molar refractivity (Wildman–Crippen MR) is 103 cm³/mol. The molecule has 0 unspecified atom stereocenters. The Morgan fingerprint density at radius 1 is 1.21 bits per heavy atom. The van der Waals surface area contributed by atoms with Crippen LogP contribution in [0, 0.1) is 6.92 Å². The number of esters is 1. The lowest BCUT2D eigenvalue weighted by atomic mass is 10.1. The maximum atomic E-state index is 12.6. The number of ether oxygens (including phenoxy) is 1. The van der Waals surface area contributed by atoms with Crippen LogP contribution >= 0.6 is 11.6 Å². The van der Waals surface area contributed by atoms with E-state index in [2.05, 4.69) is 20.8 Å². The Hall–Kier alpha value is -3.26. The first kappa shape index (κ1) is 19.5. The molecule has 1 amide bonds. The van der Waals surface area contributed by atoms with Crippen LogP contribution in [0.1, 0.15) is 17.2 Å². The van der Waals surface area contributed by atoms with Crippen LogP contribution in [-0.4, -0.2) is 38.7 Å². The van der Waals surface area contributed by atoms with Crippen molar-refractivity contribution in [3.05, 3.63) is 71.0 Å². The number of nitrogens with one attached hydrogen (secondary N) is 1. The van der Waals surface area contributed by atoms with Crippen molar-refractivity contribution in [2.24, 2.45) is 0 Å². The van der Waals surface area contributed by atoms with E-state index in [1.807, 2.05) is 37.3 Å². The summed E-state index contributed by atoms with van der Waals surface area (Å²) in [6, 6.07) is 13.8. The second-order valence-electron chi connectivity index (χ2n) is 6.11. The van der Waals surface area contributed by atoms with Gasteiger partial charge < -0.3 is 10.1 Å². The smallest absolute Gasteiger partial charge is 0.331 e. The van der Waals surface area contributed by atoms with Crippen molar-refractivity contribution in [2.75, 3.05) is 11.9 Å². The zero-order chi connectivity index (χ0) is 19.9. The molecule has 9 heteroatoms. The topological polar surface area (TPSA) is 99.0 Å². The predicted octanol–water partition coefficient (Wildman–Crippen LogP) is 2.60. The van der Waals surface area contributed by atoms with E-state index in [1.165, 1.54) is 11.0 Å². The number of benzene rings is 2. The Balaban J connectivity index is 1.63. The molecule has 0 bridgehead atoms. The summed E-state index contributed by atoms with van der Waals surface area (Å²) in [4.78, 5) is 24.8. The fourth-order valence-electron chi connectivity index (χ4n) is 2.58. The minimum Gasteiger partial charge on any atom is -0.454 e. The van der Waals surface area contributed by atoms with Crippen LogP contribution in [0.3, 0.4) is 0 Å². The van der Waals surface area contributed by atoms with Crippen LogP contribution < -0.4 is 5.32 Å². The van der Waals surface area contributed by atoms with E-state index in [0.717, 1.165) is 11.1 Å². The van der Waals surface area contributed by atoms with E-state index in [1.54, 1.807) is 18.2 Å². The average Bonchev–Trinajstić information content (AvgIpc) is 3.22. The van der Waals surface area contributed by atoms with Gasteiger partial charge in [-0.25, -0.2) is 9.48 Å². The lowest BCUT2D eigenvalue weighted by Gasteiger charge is -2.16. The third kappa shape index (κ3) is 5.14. The number of aryl methyl sites for hydroxylation is 1. The molecule has 0 aliphatic heterocycles. The number of nitrogens with zero attached hydrogens (tertiary/aromatic N) is 4. The summed E-state index contributed by atoms with van der Waals surface area (Å²) in [6.45, 7) is 1.41. The molecule has 28 heavy (non-hydrogen) atoms. The number of carbonyl (C=O) groups is 2. The molecule has 0 aliphatic rings. The highest BCUT2D eigenvalue weighted by atomic mass is 35.5. The van der Waals surface area contributed by atoms with Crippen LogP contribution in [0.4, 0.5) is 5.69 Å². The zero-order valence-electron chi connectivity index (χ0n) is 15.1. The molecule has 3 aromatic rings. The number of rotatable bonds is 7. The van der Waals surface area contributed by atoms with E-state index < -0.39 is 24.5 Å². The molecule has 1 aromatic heterocycles. The fourth-order valence-corrected chi connectivity index (χ4v) is 2.75. The van der Waals surface area contributed by atoms with Crippen LogP contribution in [0.2, 0.25) is 5.02 Å². The van der Waals surface area contributed by atoms with E-state index in [4.69, 9.17) is 16.3 Å². The molecule has 1 N–H and O–H groups in total. The SMILES string of the molecule is Cc1ccc(Cl)cc1NC(=O)COC(=O)[C@H](Cc1ccccc1)n1cnnn1. The molecule has 0 saturated carbocycles. The van der Waals surface area contributed by atoms with Gasteiger partial charge in [-0.2, -0.15) is 0 Å². The molecular formula is C19H18ClN5O3. The number of anilines is 1. The highest BCUT2D eigenvalue weighted by Gasteiger charge is 2.24. The lowest BCUT2D eigenvalue weighted by Crippen LogP contribution is -2.28. The van der Waals surface area contributed by atoms with Gasteiger partial charge in [0.25, 0.3) is 5.91 Å². The molecule has 8 nitrogen and oxygen atoms in total. The van der Waals surface area contributed by atoms with Crippen molar-refractivity contribution in [2.45, 2.75) is 19.4 Å². The average molecular weight is 400 g/mol. The highest BCUT2D eigenvalue weighted by Crippen LogP contribution is 2.20. The molecule has 0 spiro atoms. The number of halogens is 1. The Kier molecular flexibility index (Phi) is 6.33. The summed E-state index contributed by atoms with van der Waals surface area (Å²) in [5, 5.41) is 14.1. The minimum absolute atomic E-state index is 0.333. The molecule has 2 aromatic carbocycles. The zero-order valence-corrected chi connectivity index (χ0v) is 15.8. The van der Waals surface area contributed by atoms with E-state index in [0.29, 0.717) is 17.1 Å². The minimum atomic E-state index is -0.780. The maximum Gasteiger partial charge on any atom is 0.331 e. The van der Waals surface area contributed by atoms with Gasteiger partial charge >= 0.3 is 5.97 Å². The normalized spacial score (nSPS) is 11.6. The van der Waals surface area contributed by atoms with Gasteiger partial charge in [0.1, 0.15) is 6.33 Å². The van der Waals surface area contributed by atoms with E-state index in [-0.39, 0.29) is 0 Å². The Labute approximate surface area is 166 Å². The molecule has 0 saturated heterocycles. The standard InChI is InChI=1S/C19H18ClN5O3/c1-13-7-8-15(20)10-16(13)22-18(26)11-28-19(27)17(25-12-21-23-24-25)9-14-5-3-2-4-6-14/h2-8,10,12,17H,9,11H2,1H3,(H,22,26)/t17-/m0/s1. The number of tetrazole rings is 1. The molecule has 0 aliphatic carbocycles. The number of amides is 1. The summed E-state index contributed by atoms with van der Waals surface area (Å²) >= 11 is 5.95. The van der Waals surface area contributed by atoms with Crippen LogP contribution in [0.25, 0.3) is 0 Å². The molecule has 1 atom stereocenters. The fraction of sp³-hybridized carbons (Fsp3) is 0.211. The summed E-state index contributed by atoms with van der Waals surface area (Å²) in [7, 11) is 0. The van der Waals surface area contributed by atoms with Crippen molar-refractivity contribution < 1.29 is 14.3 Å². The van der Waals surface area contributed by atoms with Crippen molar-refractivity contribution in [1.29, 1.82) is 0 Å². The van der Waals surface area contributed by atoms with Gasteiger partial charge in [0, 0.05) is 17.1 Å². The number of hydrogen-bond acceptors (Lipinski definition) is 6. The first-order valence-electron chi connectivity index (χ1n) is 8.52. The molecular weight excluding hydrogens is 382 g/mol. The van der Waals surface area contributed by atoms with E-state index in [9.17, 15) is 9.59 Å². The van der Waals surface area contributed by atoms with Crippen molar-refractivity contribution in [3.8, 4) is 0 Å². The molecule has 3 rings (SSSR count). The molecule has 144 valence electrons. The largest absolute Gasteiger partial charge is 0.454 e. The van der Waals surface area contributed by atoms with E-state index >= 15 is 0 Å². The summed E-state index contributed by atoms with van der Waals surface area (Å²) in [5.41, 5.74) is 2.33. The summed E-state index contributed by atoms with van der Waals surface area (Å²) in [5.74, 6) is -1.07. The van der Waals surface area contributed by atoms with Gasteiger partial charge in [-0.05, 0) is 40.6 Å². The van der Waals surface area contributed by atoms with Gasteiger partial charge in [0.05, 0.1) is 0 Å². The Morgan fingerprint density at radius 2 is 2.00 bits per heavy atom. The first-order valence-corrected chi connectivity index (χ1v) is 8.90. The van der Waals surface area contributed by atoms with Gasteiger partial charge in [-0.1, -0.05) is 48.0 Å². The van der Waals surface area contributed by atoms with Crippen LogP contribution in [0.15, 0.2) is 54.9 Å². The number of hydrogen-bond donors (Lipinski definition) is 1. The highest BCUT2D eigenvalue weighted by molar-refractivity contribution is 6.31. The Morgan fingerprint density at radius 3 is 2.71 bits per heavy atom. The van der Waals surface area contributed by atoms with Gasteiger partial charge in [-0.3, -0.25) is 4.79 Å². The monoisotopic (exact) mass is 399 g/mol. The third-order valence-corrected chi connectivity index (χ3v) is 4.28. The van der Waals surface area contributed by atoms with Crippen LogP contribution in [-0.2, 0) is 20.7 Å². The Bertz CT molecular complexity index is 947. The van der Waals surface area contributed by atoms with Crippen molar-refractivity contribution in [3.63, 3.8) is 0 Å². The number of aromatic nitrogens is 4. The third-order valence-electron chi connectivity index (χ3n) is 4.05. The first-order chi connectivity index (χ1) is 13.5. The quantitative estimate of drug-likeness (QED) is 0.613. The summed E-state index contributed by atoms with van der Waals surface area (Å²) < 4.78 is 6.52. The second kappa shape index (κ2) is 9.09. The second-order valence-corrected chi connectivity index (χ2v) is 6.55. The molecule has 0 fully saturated rings. The maximum absolute atomic E-state index is 12.6. The van der Waals surface area contributed by atoms with Crippen molar-refractivity contribution >= 4 is 29.2 Å². The summed E-state index contributed by atoms with van der Waals surface area (Å²) in [6.07, 6.45) is 1.67. The van der Waals surface area contributed by atoms with Gasteiger partial charge in [0.15, 0.2) is 12.6 Å². The van der Waals surface area contributed by atoms with Gasteiger partial charge in [0.2, 0.25) is 0 Å². The lowest BCUT2D eigenvalue weighted by molar-refractivity contribution is -0.151. The van der Waals surface area contributed by atoms with Gasteiger partial charge in [-0.15, -0.1) is 5.10 Å².